The second kappa shape index (κ2) is 5.93. The van der Waals surface area contributed by atoms with Crippen LogP contribution in [0.3, 0.4) is 0 Å². The minimum Gasteiger partial charge on any atom is -0.399 e. The topological polar surface area (TPSA) is 26.0 Å². The van der Waals surface area contributed by atoms with Crippen LogP contribution in [0.1, 0.15) is 48.1 Å². The molecule has 0 amide bonds. The number of benzene rings is 2. The second-order valence-corrected chi connectivity index (χ2v) is 6.88. The van der Waals surface area contributed by atoms with Gasteiger partial charge in [-0.3, -0.25) is 0 Å². The number of anilines is 1. The molecule has 0 spiro atoms. The Hall–Kier alpha value is -1.76. The van der Waals surface area contributed by atoms with Gasteiger partial charge in [0.2, 0.25) is 0 Å². The molecular weight excluding hydrogens is 254 g/mol. The highest BCUT2D eigenvalue weighted by molar-refractivity contribution is 5.42. The number of nitrogen functional groups attached to an aromatic ring is 1. The summed E-state index contributed by atoms with van der Waals surface area (Å²) in [6.45, 7) is 11.3. The fourth-order valence-corrected chi connectivity index (χ4v) is 3.12. The van der Waals surface area contributed by atoms with Crippen molar-refractivity contribution in [1.82, 2.24) is 0 Å². The SMILES string of the molecule is Cc1cc(C)c(CCC(C)(C)c2ccc(N)cc2)c(C)c1. The highest BCUT2D eigenvalue weighted by atomic mass is 14.5. The average Bonchev–Trinajstić information content (AvgIpc) is 2.37. The quantitative estimate of drug-likeness (QED) is 0.775. The predicted molar refractivity (Wildman–Crippen MR) is 92.9 cm³/mol. The lowest BCUT2D eigenvalue weighted by Crippen LogP contribution is -2.18. The van der Waals surface area contributed by atoms with Gasteiger partial charge in [0.05, 0.1) is 0 Å². The molecule has 112 valence electrons. The molecule has 0 radical (unpaired) electrons. The Kier molecular flexibility index (Phi) is 4.41. The first-order valence-corrected chi connectivity index (χ1v) is 7.72. The monoisotopic (exact) mass is 281 g/mol. The van der Waals surface area contributed by atoms with Gasteiger partial charge in [0, 0.05) is 5.69 Å². The normalized spacial score (nSPS) is 11.7. The zero-order chi connectivity index (χ0) is 15.6. The van der Waals surface area contributed by atoms with Crippen LogP contribution in [-0.2, 0) is 11.8 Å². The van der Waals surface area contributed by atoms with Crippen LogP contribution < -0.4 is 5.73 Å². The van der Waals surface area contributed by atoms with E-state index in [1.165, 1.54) is 27.8 Å². The largest absolute Gasteiger partial charge is 0.399 e. The van der Waals surface area contributed by atoms with Gasteiger partial charge in [-0.2, -0.15) is 0 Å². The molecule has 0 aliphatic carbocycles. The minimum absolute atomic E-state index is 0.164. The molecule has 0 fully saturated rings. The first-order chi connectivity index (χ1) is 9.79. The van der Waals surface area contributed by atoms with E-state index in [1.807, 2.05) is 12.1 Å². The molecule has 2 aromatic rings. The van der Waals surface area contributed by atoms with Crippen LogP contribution in [0.25, 0.3) is 0 Å². The average molecular weight is 281 g/mol. The van der Waals surface area contributed by atoms with E-state index in [0.29, 0.717) is 0 Å². The summed E-state index contributed by atoms with van der Waals surface area (Å²) in [7, 11) is 0. The molecule has 0 saturated heterocycles. The molecule has 1 nitrogen and oxygen atoms in total. The van der Waals surface area contributed by atoms with Gasteiger partial charge < -0.3 is 5.73 Å². The van der Waals surface area contributed by atoms with Crippen LogP contribution in [-0.4, -0.2) is 0 Å². The van der Waals surface area contributed by atoms with Crippen LogP contribution in [0.5, 0.6) is 0 Å². The summed E-state index contributed by atoms with van der Waals surface area (Å²) in [5.74, 6) is 0. The van der Waals surface area contributed by atoms with Gasteiger partial charge in [0.25, 0.3) is 0 Å². The van der Waals surface area contributed by atoms with Crippen LogP contribution in [0, 0.1) is 20.8 Å². The van der Waals surface area contributed by atoms with E-state index in [2.05, 4.69) is 58.9 Å². The Labute approximate surface area is 129 Å². The summed E-state index contributed by atoms with van der Waals surface area (Å²) in [5.41, 5.74) is 13.8. The first kappa shape index (κ1) is 15.6. The van der Waals surface area contributed by atoms with E-state index < -0.39 is 0 Å². The Morgan fingerprint density at radius 1 is 0.905 bits per heavy atom. The summed E-state index contributed by atoms with van der Waals surface area (Å²) >= 11 is 0. The van der Waals surface area contributed by atoms with Crippen molar-refractivity contribution in [3.63, 3.8) is 0 Å². The van der Waals surface area contributed by atoms with Crippen LogP contribution in [0.15, 0.2) is 36.4 Å². The molecule has 1 heteroatoms. The van der Waals surface area contributed by atoms with Gasteiger partial charge in [-0.15, -0.1) is 0 Å². The smallest absolute Gasteiger partial charge is 0.0314 e. The maximum atomic E-state index is 5.79. The molecule has 2 aromatic carbocycles. The van der Waals surface area contributed by atoms with E-state index in [9.17, 15) is 0 Å². The molecule has 0 heterocycles. The van der Waals surface area contributed by atoms with E-state index in [0.717, 1.165) is 18.5 Å². The van der Waals surface area contributed by atoms with E-state index in [4.69, 9.17) is 5.73 Å². The fraction of sp³-hybridized carbons (Fsp3) is 0.400. The Morgan fingerprint density at radius 2 is 1.43 bits per heavy atom. The zero-order valence-electron chi connectivity index (χ0n) is 14.0. The van der Waals surface area contributed by atoms with Crippen molar-refractivity contribution in [3.8, 4) is 0 Å². The summed E-state index contributed by atoms with van der Waals surface area (Å²) in [5, 5.41) is 0. The van der Waals surface area contributed by atoms with Gasteiger partial charge in [0.1, 0.15) is 0 Å². The Morgan fingerprint density at radius 3 is 1.95 bits per heavy atom. The molecule has 21 heavy (non-hydrogen) atoms. The van der Waals surface area contributed by atoms with Gasteiger partial charge in [0.15, 0.2) is 0 Å². The highest BCUT2D eigenvalue weighted by Crippen LogP contribution is 2.30. The van der Waals surface area contributed by atoms with Crippen molar-refractivity contribution >= 4 is 5.69 Å². The Balaban J connectivity index is 2.17. The molecule has 0 unspecified atom stereocenters. The third-order valence-electron chi connectivity index (χ3n) is 4.53. The van der Waals surface area contributed by atoms with Crippen molar-refractivity contribution in [3.05, 3.63) is 64.2 Å². The summed E-state index contributed by atoms with van der Waals surface area (Å²) in [4.78, 5) is 0. The van der Waals surface area contributed by atoms with Crippen molar-refractivity contribution in [1.29, 1.82) is 0 Å². The second-order valence-electron chi connectivity index (χ2n) is 6.88. The highest BCUT2D eigenvalue weighted by Gasteiger charge is 2.21. The van der Waals surface area contributed by atoms with Crippen LogP contribution >= 0.6 is 0 Å². The third-order valence-corrected chi connectivity index (χ3v) is 4.53. The molecule has 2 rings (SSSR count). The van der Waals surface area contributed by atoms with Crippen molar-refractivity contribution in [2.75, 3.05) is 5.73 Å². The minimum atomic E-state index is 0.164. The molecule has 0 aliphatic rings. The Bertz CT molecular complexity index is 598. The first-order valence-electron chi connectivity index (χ1n) is 7.72. The lowest BCUT2D eigenvalue weighted by Gasteiger charge is -2.26. The molecule has 0 bridgehead atoms. The third kappa shape index (κ3) is 3.66. The van der Waals surface area contributed by atoms with Crippen LogP contribution in [0.2, 0.25) is 0 Å². The molecule has 0 saturated carbocycles. The zero-order valence-corrected chi connectivity index (χ0v) is 14.0. The molecular formula is C20H27N. The summed E-state index contributed by atoms with van der Waals surface area (Å²) < 4.78 is 0. The molecule has 0 aromatic heterocycles. The molecule has 0 atom stereocenters. The maximum Gasteiger partial charge on any atom is 0.0314 e. The maximum absolute atomic E-state index is 5.79. The van der Waals surface area contributed by atoms with Crippen molar-refractivity contribution in [2.45, 2.75) is 52.9 Å². The van der Waals surface area contributed by atoms with Crippen molar-refractivity contribution in [2.24, 2.45) is 0 Å². The number of aryl methyl sites for hydroxylation is 3. The fourth-order valence-electron chi connectivity index (χ4n) is 3.12. The molecule has 2 N–H and O–H groups in total. The van der Waals surface area contributed by atoms with E-state index in [-0.39, 0.29) is 5.41 Å². The number of hydrogen-bond donors (Lipinski definition) is 1. The lowest BCUT2D eigenvalue weighted by molar-refractivity contribution is 0.479. The predicted octanol–water partition coefficient (Wildman–Crippen LogP) is 5.10. The number of nitrogens with two attached hydrogens (primary N) is 1. The van der Waals surface area contributed by atoms with Crippen LogP contribution in [0.4, 0.5) is 5.69 Å². The molecule has 0 aliphatic heterocycles. The summed E-state index contributed by atoms with van der Waals surface area (Å²) in [6, 6.07) is 12.9. The summed E-state index contributed by atoms with van der Waals surface area (Å²) in [6.07, 6.45) is 2.26. The number of hydrogen-bond acceptors (Lipinski definition) is 1. The van der Waals surface area contributed by atoms with Gasteiger partial charge in [-0.1, -0.05) is 43.7 Å². The van der Waals surface area contributed by atoms with E-state index >= 15 is 0 Å². The van der Waals surface area contributed by atoms with Gasteiger partial charge in [-0.25, -0.2) is 0 Å². The standard InChI is InChI=1S/C20H27N/c1-14-12-15(2)19(16(3)13-14)10-11-20(4,5)17-6-8-18(21)9-7-17/h6-9,12-13H,10-11,21H2,1-5H3. The van der Waals surface area contributed by atoms with Crippen molar-refractivity contribution < 1.29 is 0 Å². The number of rotatable bonds is 4. The van der Waals surface area contributed by atoms with Gasteiger partial charge >= 0.3 is 0 Å². The van der Waals surface area contributed by atoms with Gasteiger partial charge in [-0.05, 0) is 73.4 Å². The van der Waals surface area contributed by atoms with E-state index in [1.54, 1.807) is 0 Å². The lowest BCUT2D eigenvalue weighted by atomic mass is 9.78.